The number of phenolic OH excluding ortho intramolecular Hbond substituents is 1. The largest absolute Gasteiger partial charge is 0.502 e. The SMILES string of the molecule is CCC(C)c1c(O)c([N+](=O)[O-])cc(C(F)(F)F)c1Cl. The van der Waals surface area contributed by atoms with Crippen LogP contribution in [-0.2, 0) is 6.18 Å². The summed E-state index contributed by atoms with van der Waals surface area (Å²) in [6, 6.07) is 0.254. The molecule has 1 atom stereocenters. The molecular weight excluding hydrogens is 287 g/mol. The van der Waals surface area contributed by atoms with Gasteiger partial charge in [-0.25, -0.2) is 0 Å². The van der Waals surface area contributed by atoms with Crippen molar-refractivity contribution in [3.05, 3.63) is 32.3 Å². The molecule has 4 nitrogen and oxygen atoms in total. The van der Waals surface area contributed by atoms with Gasteiger partial charge in [-0.3, -0.25) is 10.1 Å². The summed E-state index contributed by atoms with van der Waals surface area (Å²) in [5, 5.41) is 19.8. The predicted octanol–water partition coefficient (Wildman–Crippen LogP) is 4.49. The molecular formula is C11H11ClF3NO3. The second-order valence-corrected chi connectivity index (χ2v) is 4.46. The highest BCUT2D eigenvalue weighted by Gasteiger charge is 2.39. The summed E-state index contributed by atoms with van der Waals surface area (Å²) in [7, 11) is 0. The first-order valence-electron chi connectivity index (χ1n) is 5.38. The molecule has 1 N–H and O–H groups in total. The van der Waals surface area contributed by atoms with E-state index in [9.17, 15) is 28.4 Å². The fourth-order valence-corrected chi connectivity index (χ4v) is 2.09. The van der Waals surface area contributed by atoms with Crippen LogP contribution < -0.4 is 0 Å². The monoisotopic (exact) mass is 297 g/mol. The summed E-state index contributed by atoms with van der Waals surface area (Å²) in [6.45, 7) is 3.21. The molecule has 0 bridgehead atoms. The molecule has 1 rings (SSSR count). The van der Waals surface area contributed by atoms with Crippen LogP contribution in [0, 0.1) is 10.1 Å². The van der Waals surface area contributed by atoms with Crippen LogP contribution in [0.25, 0.3) is 0 Å². The van der Waals surface area contributed by atoms with Crippen LogP contribution in [0.5, 0.6) is 5.75 Å². The number of aromatic hydroxyl groups is 1. The minimum absolute atomic E-state index is 0.245. The summed E-state index contributed by atoms with van der Waals surface area (Å²) >= 11 is 5.65. The summed E-state index contributed by atoms with van der Waals surface area (Å²) in [4.78, 5) is 9.65. The van der Waals surface area contributed by atoms with E-state index in [2.05, 4.69) is 0 Å². The lowest BCUT2D eigenvalue weighted by atomic mass is 9.94. The smallest absolute Gasteiger partial charge is 0.418 e. The number of alkyl halides is 3. The third-order valence-corrected chi connectivity index (χ3v) is 3.27. The molecule has 0 saturated carbocycles. The lowest BCUT2D eigenvalue weighted by Crippen LogP contribution is -2.10. The lowest BCUT2D eigenvalue weighted by molar-refractivity contribution is -0.386. The third kappa shape index (κ3) is 2.91. The zero-order chi connectivity index (χ0) is 15.0. The molecule has 1 aromatic rings. The Morgan fingerprint density at radius 3 is 2.42 bits per heavy atom. The zero-order valence-corrected chi connectivity index (χ0v) is 10.8. The average Bonchev–Trinajstić information content (AvgIpc) is 2.26. The molecule has 19 heavy (non-hydrogen) atoms. The molecule has 1 unspecified atom stereocenters. The number of nitro groups is 1. The van der Waals surface area contributed by atoms with Gasteiger partial charge in [0.05, 0.1) is 15.5 Å². The quantitative estimate of drug-likeness (QED) is 0.660. The predicted molar refractivity (Wildman–Crippen MR) is 63.5 cm³/mol. The van der Waals surface area contributed by atoms with E-state index in [1.807, 2.05) is 0 Å². The Hall–Kier alpha value is -1.50. The fourth-order valence-electron chi connectivity index (χ4n) is 1.65. The highest BCUT2D eigenvalue weighted by atomic mass is 35.5. The van der Waals surface area contributed by atoms with Crippen LogP contribution >= 0.6 is 11.6 Å². The third-order valence-electron chi connectivity index (χ3n) is 2.86. The van der Waals surface area contributed by atoms with Crippen molar-refractivity contribution in [2.75, 3.05) is 0 Å². The molecule has 0 aliphatic carbocycles. The van der Waals surface area contributed by atoms with Gasteiger partial charge in [-0.1, -0.05) is 25.4 Å². The summed E-state index contributed by atoms with van der Waals surface area (Å²) in [6.07, 6.45) is -4.44. The Kier molecular flexibility index (Phi) is 4.29. The van der Waals surface area contributed by atoms with E-state index in [0.717, 1.165) is 0 Å². The van der Waals surface area contributed by atoms with Crippen molar-refractivity contribution in [3.63, 3.8) is 0 Å². The molecule has 0 aliphatic heterocycles. The van der Waals surface area contributed by atoms with Crippen LogP contribution in [0.4, 0.5) is 18.9 Å². The van der Waals surface area contributed by atoms with Gasteiger partial charge in [0.2, 0.25) is 0 Å². The maximum absolute atomic E-state index is 12.8. The molecule has 0 aliphatic rings. The van der Waals surface area contributed by atoms with Crippen molar-refractivity contribution >= 4 is 17.3 Å². The van der Waals surface area contributed by atoms with Gasteiger partial charge in [-0.15, -0.1) is 0 Å². The number of halogens is 4. The van der Waals surface area contributed by atoms with Crippen molar-refractivity contribution in [2.45, 2.75) is 32.4 Å². The van der Waals surface area contributed by atoms with Crippen LogP contribution in [0.1, 0.15) is 37.3 Å². The Balaban J connectivity index is 3.71. The van der Waals surface area contributed by atoms with Crippen LogP contribution in [0.2, 0.25) is 5.02 Å². The summed E-state index contributed by atoms with van der Waals surface area (Å²) < 4.78 is 38.3. The number of phenols is 1. The summed E-state index contributed by atoms with van der Waals surface area (Å²) in [5.74, 6) is -1.34. The molecule has 1 aromatic carbocycles. The first-order valence-corrected chi connectivity index (χ1v) is 5.75. The molecule has 0 aromatic heterocycles. The van der Waals surface area contributed by atoms with Gasteiger partial charge in [0.25, 0.3) is 0 Å². The highest BCUT2D eigenvalue weighted by Crippen LogP contribution is 2.47. The second kappa shape index (κ2) is 5.24. The van der Waals surface area contributed by atoms with Crippen LogP contribution in [0.3, 0.4) is 0 Å². The van der Waals surface area contributed by atoms with Gasteiger partial charge in [0, 0.05) is 11.6 Å². The number of hydrogen-bond donors (Lipinski definition) is 1. The average molecular weight is 298 g/mol. The Morgan fingerprint density at radius 1 is 1.53 bits per heavy atom. The van der Waals surface area contributed by atoms with Crippen molar-refractivity contribution in [1.82, 2.24) is 0 Å². The Labute approximate surface area is 112 Å². The van der Waals surface area contributed by atoms with Gasteiger partial charge in [-0.05, 0) is 12.3 Å². The molecule has 8 heteroatoms. The molecule has 0 fully saturated rings. The van der Waals surface area contributed by atoms with Gasteiger partial charge in [-0.2, -0.15) is 13.2 Å². The van der Waals surface area contributed by atoms with Crippen molar-refractivity contribution in [3.8, 4) is 5.75 Å². The first kappa shape index (κ1) is 15.6. The molecule has 0 amide bonds. The van der Waals surface area contributed by atoms with Crippen molar-refractivity contribution in [2.24, 2.45) is 0 Å². The fraction of sp³-hybridized carbons (Fsp3) is 0.455. The minimum Gasteiger partial charge on any atom is -0.502 e. The van der Waals surface area contributed by atoms with Crippen molar-refractivity contribution < 1.29 is 23.2 Å². The van der Waals surface area contributed by atoms with E-state index < -0.39 is 39.0 Å². The molecule has 0 spiro atoms. The van der Waals surface area contributed by atoms with Crippen LogP contribution in [0.15, 0.2) is 6.07 Å². The normalized spacial score (nSPS) is 13.4. The first-order chi connectivity index (χ1) is 8.61. The number of benzene rings is 1. The standard InChI is InChI=1S/C11H11ClF3NO3/c1-3-5(2)8-9(12)6(11(13,14)15)4-7(10(8)17)16(18)19/h4-5,17H,3H2,1-2H3. The number of nitrogens with zero attached hydrogens (tertiary/aromatic N) is 1. The van der Waals surface area contributed by atoms with E-state index in [4.69, 9.17) is 11.6 Å². The van der Waals surface area contributed by atoms with E-state index >= 15 is 0 Å². The summed E-state index contributed by atoms with van der Waals surface area (Å²) in [5.41, 5.74) is -2.55. The van der Waals surface area contributed by atoms with E-state index in [1.54, 1.807) is 6.92 Å². The highest BCUT2D eigenvalue weighted by molar-refractivity contribution is 6.32. The zero-order valence-electron chi connectivity index (χ0n) is 10.1. The van der Waals surface area contributed by atoms with Gasteiger partial charge in [0.1, 0.15) is 0 Å². The number of hydrogen-bond acceptors (Lipinski definition) is 3. The van der Waals surface area contributed by atoms with E-state index in [1.165, 1.54) is 6.92 Å². The van der Waals surface area contributed by atoms with Crippen LogP contribution in [-0.4, -0.2) is 10.0 Å². The van der Waals surface area contributed by atoms with Gasteiger partial charge < -0.3 is 5.11 Å². The Morgan fingerprint density at radius 2 is 2.05 bits per heavy atom. The Bertz CT molecular complexity index is 517. The molecule has 0 radical (unpaired) electrons. The lowest BCUT2D eigenvalue weighted by Gasteiger charge is -2.17. The van der Waals surface area contributed by atoms with Crippen molar-refractivity contribution in [1.29, 1.82) is 0 Å². The number of nitro benzene ring substituents is 1. The second-order valence-electron chi connectivity index (χ2n) is 4.08. The van der Waals surface area contributed by atoms with Gasteiger partial charge >= 0.3 is 11.9 Å². The molecule has 0 saturated heterocycles. The topological polar surface area (TPSA) is 63.4 Å². The maximum Gasteiger partial charge on any atom is 0.418 e. The number of rotatable bonds is 3. The van der Waals surface area contributed by atoms with E-state index in [0.29, 0.717) is 6.42 Å². The van der Waals surface area contributed by atoms with E-state index in [-0.39, 0.29) is 11.6 Å². The van der Waals surface area contributed by atoms with Gasteiger partial charge in [0.15, 0.2) is 5.75 Å². The molecule has 0 heterocycles. The molecule has 106 valence electrons. The minimum atomic E-state index is -4.82. The maximum atomic E-state index is 12.8.